The van der Waals surface area contributed by atoms with Gasteiger partial charge in [0, 0.05) is 10.9 Å². The Morgan fingerprint density at radius 3 is 2.42 bits per heavy atom. The molecule has 2 aromatic carbocycles. The Labute approximate surface area is 139 Å². The molecule has 0 saturated carbocycles. The van der Waals surface area contributed by atoms with Crippen molar-refractivity contribution in [1.29, 1.82) is 0 Å². The summed E-state index contributed by atoms with van der Waals surface area (Å²) >= 11 is 0. The molecule has 24 heavy (non-hydrogen) atoms. The van der Waals surface area contributed by atoms with Crippen molar-refractivity contribution < 1.29 is 18.7 Å². The van der Waals surface area contributed by atoms with Crippen molar-refractivity contribution in [2.75, 3.05) is 0 Å². The number of furan rings is 1. The lowest BCUT2D eigenvalue weighted by molar-refractivity contribution is 0.0640. The van der Waals surface area contributed by atoms with E-state index in [0.29, 0.717) is 16.7 Å². The number of ether oxygens (including phenoxy) is 1. The number of hydrogen-bond acceptors (Lipinski definition) is 4. The van der Waals surface area contributed by atoms with Crippen LogP contribution in [0.3, 0.4) is 0 Å². The lowest BCUT2D eigenvalue weighted by Gasteiger charge is -2.05. The summed E-state index contributed by atoms with van der Waals surface area (Å²) in [6.45, 7) is 4.11. The largest absolute Gasteiger partial charge is 0.455 e. The molecule has 0 bridgehead atoms. The molecule has 3 aromatic rings. The topological polar surface area (TPSA) is 82.5 Å². The van der Waals surface area contributed by atoms with Crippen LogP contribution in [-0.4, -0.2) is 12.1 Å². The minimum absolute atomic E-state index is 0.206. The Bertz CT molecular complexity index is 910. The van der Waals surface area contributed by atoms with E-state index in [-0.39, 0.29) is 11.5 Å². The van der Waals surface area contributed by atoms with Gasteiger partial charge in [-0.2, -0.15) is 0 Å². The van der Waals surface area contributed by atoms with E-state index >= 15 is 0 Å². The van der Waals surface area contributed by atoms with Crippen molar-refractivity contribution in [2.45, 2.75) is 19.8 Å². The molecule has 0 aliphatic carbocycles. The van der Waals surface area contributed by atoms with Crippen LogP contribution in [0.1, 0.15) is 35.7 Å². The van der Waals surface area contributed by atoms with Crippen LogP contribution in [0.4, 0.5) is 4.79 Å². The number of carbonyl (C=O) groups excluding carboxylic acids is 2. The van der Waals surface area contributed by atoms with Gasteiger partial charge in [-0.3, -0.25) is 0 Å². The first-order chi connectivity index (χ1) is 11.5. The van der Waals surface area contributed by atoms with E-state index in [1.807, 2.05) is 48.5 Å². The SMILES string of the molecule is CC(C)c1ccc2oc(-c3ccccc3)c(C(=O)OC(N)=O)c2c1. The Hall–Kier alpha value is -3.08. The third-order valence-corrected chi connectivity index (χ3v) is 3.81. The molecule has 0 atom stereocenters. The average Bonchev–Trinajstić information content (AvgIpc) is 2.93. The zero-order valence-electron chi connectivity index (χ0n) is 13.4. The number of fused-ring (bicyclic) bond motifs is 1. The van der Waals surface area contributed by atoms with Crippen molar-refractivity contribution in [1.82, 2.24) is 0 Å². The standard InChI is InChI=1S/C19H17NO4/c1-11(2)13-8-9-15-14(10-13)16(18(21)24-19(20)22)17(23-15)12-6-4-3-5-7-12/h3-11H,1-2H3,(H2,20,22). The van der Waals surface area contributed by atoms with E-state index in [2.05, 4.69) is 18.6 Å². The van der Waals surface area contributed by atoms with E-state index in [9.17, 15) is 9.59 Å². The van der Waals surface area contributed by atoms with Crippen LogP contribution in [0.2, 0.25) is 0 Å². The van der Waals surface area contributed by atoms with Crippen molar-refractivity contribution >= 4 is 23.0 Å². The highest BCUT2D eigenvalue weighted by Gasteiger charge is 2.25. The highest BCUT2D eigenvalue weighted by Crippen LogP contribution is 2.35. The summed E-state index contributed by atoms with van der Waals surface area (Å²) in [5, 5.41) is 0.603. The number of nitrogens with two attached hydrogens (primary N) is 1. The van der Waals surface area contributed by atoms with Crippen LogP contribution in [0.25, 0.3) is 22.3 Å². The lowest BCUT2D eigenvalue weighted by Crippen LogP contribution is -2.18. The van der Waals surface area contributed by atoms with Gasteiger partial charge >= 0.3 is 12.1 Å². The minimum atomic E-state index is -1.15. The third-order valence-electron chi connectivity index (χ3n) is 3.81. The maximum Gasteiger partial charge on any atom is 0.412 e. The summed E-state index contributed by atoms with van der Waals surface area (Å²) < 4.78 is 10.5. The molecule has 0 fully saturated rings. The molecule has 1 aromatic heterocycles. The third kappa shape index (κ3) is 2.88. The molecule has 0 aliphatic rings. The quantitative estimate of drug-likeness (QED) is 0.570. The molecule has 0 aliphatic heterocycles. The zero-order chi connectivity index (χ0) is 17.3. The van der Waals surface area contributed by atoms with Gasteiger partial charge in [-0.25, -0.2) is 9.59 Å². The number of hydrogen-bond donors (Lipinski definition) is 1. The number of carbonyl (C=O) groups is 2. The van der Waals surface area contributed by atoms with Gasteiger partial charge in [0.25, 0.3) is 0 Å². The molecule has 0 unspecified atom stereocenters. The molecular weight excluding hydrogens is 306 g/mol. The fraction of sp³-hybridized carbons (Fsp3) is 0.158. The Morgan fingerprint density at radius 1 is 1.08 bits per heavy atom. The molecule has 1 amide bonds. The van der Waals surface area contributed by atoms with E-state index in [1.54, 1.807) is 0 Å². The van der Waals surface area contributed by atoms with Crippen LogP contribution in [0.5, 0.6) is 0 Å². The second-order valence-electron chi connectivity index (χ2n) is 5.79. The van der Waals surface area contributed by atoms with Crippen molar-refractivity contribution in [3.8, 4) is 11.3 Å². The van der Waals surface area contributed by atoms with E-state index in [1.165, 1.54) is 0 Å². The smallest absolute Gasteiger partial charge is 0.412 e. The highest BCUT2D eigenvalue weighted by atomic mass is 16.6. The summed E-state index contributed by atoms with van der Waals surface area (Å²) in [5.41, 5.74) is 7.53. The molecule has 0 radical (unpaired) electrons. The monoisotopic (exact) mass is 323 g/mol. The molecule has 0 spiro atoms. The van der Waals surface area contributed by atoms with Crippen LogP contribution >= 0.6 is 0 Å². The average molecular weight is 323 g/mol. The first-order valence-electron chi connectivity index (χ1n) is 7.61. The highest BCUT2D eigenvalue weighted by molar-refractivity contribution is 6.11. The fourth-order valence-electron chi connectivity index (χ4n) is 2.61. The first-order valence-corrected chi connectivity index (χ1v) is 7.61. The Kier molecular flexibility index (Phi) is 4.08. The second-order valence-corrected chi connectivity index (χ2v) is 5.79. The number of primary amides is 1. The summed E-state index contributed by atoms with van der Waals surface area (Å²) in [4.78, 5) is 23.4. The normalized spacial score (nSPS) is 11.0. The Morgan fingerprint density at radius 2 is 1.79 bits per heavy atom. The number of amides is 1. The maximum atomic E-state index is 12.4. The van der Waals surface area contributed by atoms with Gasteiger partial charge in [0.05, 0.1) is 0 Å². The molecule has 1 heterocycles. The molecule has 5 heteroatoms. The zero-order valence-corrected chi connectivity index (χ0v) is 13.4. The van der Waals surface area contributed by atoms with Crippen LogP contribution in [-0.2, 0) is 4.74 Å². The van der Waals surface area contributed by atoms with E-state index in [0.717, 1.165) is 11.1 Å². The van der Waals surface area contributed by atoms with Gasteiger partial charge in [-0.05, 0) is 23.6 Å². The van der Waals surface area contributed by atoms with Crippen LogP contribution in [0.15, 0.2) is 52.9 Å². The summed E-state index contributed by atoms with van der Waals surface area (Å²) in [6.07, 6.45) is -1.15. The predicted molar refractivity (Wildman–Crippen MR) is 90.7 cm³/mol. The predicted octanol–water partition coefficient (Wildman–Crippen LogP) is 4.46. The summed E-state index contributed by atoms with van der Waals surface area (Å²) in [7, 11) is 0. The lowest BCUT2D eigenvalue weighted by atomic mass is 9.99. The van der Waals surface area contributed by atoms with Crippen LogP contribution < -0.4 is 5.73 Å². The summed E-state index contributed by atoms with van der Waals surface area (Å²) in [6, 6.07) is 14.8. The van der Waals surface area contributed by atoms with Gasteiger partial charge in [-0.15, -0.1) is 0 Å². The van der Waals surface area contributed by atoms with Gasteiger partial charge in [-0.1, -0.05) is 50.2 Å². The molecule has 122 valence electrons. The van der Waals surface area contributed by atoms with Crippen LogP contribution in [0, 0.1) is 0 Å². The van der Waals surface area contributed by atoms with E-state index in [4.69, 9.17) is 10.2 Å². The molecule has 2 N–H and O–H groups in total. The van der Waals surface area contributed by atoms with Crippen molar-refractivity contribution in [3.05, 3.63) is 59.7 Å². The van der Waals surface area contributed by atoms with Crippen molar-refractivity contribution in [2.24, 2.45) is 5.73 Å². The number of rotatable bonds is 3. The molecule has 5 nitrogen and oxygen atoms in total. The first kappa shape index (κ1) is 15.8. The molecule has 3 rings (SSSR count). The van der Waals surface area contributed by atoms with Gasteiger partial charge in [0.15, 0.2) is 0 Å². The summed E-state index contributed by atoms with van der Waals surface area (Å²) in [5.74, 6) is -0.178. The van der Waals surface area contributed by atoms with Gasteiger partial charge < -0.3 is 14.9 Å². The number of esters is 1. The second kappa shape index (κ2) is 6.20. The Balaban J connectivity index is 2.26. The molecule has 0 saturated heterocycles. The minimum Gasteiger partial charge on any atom is -0.455 e. The van der Waals surface area contributed by atoms with E-state index < -0.39 is 12.1 Å². The fourth-order valence-corrected chi connectivity index (χ4v) is 2.61. The van der Waals surface area contributed by atoms with Gasteiger partial charge in [0.1, 0.15) is 16.9 Å². The van der Waals surface area contributed by atoms with Gasteiger partial charge in [0.2, 0.25) is 0 Å². The van der Waals surface area contributed by atoms with Crippen molar-refractivity contribution in [3.63, 3.8) is 0 Å². The number of benzene rings is 2. The molecular formula is C19H17NO4. The maximum absolute atomic E-state index is 12.4.